The predicted molar refractivity (Wildman–Crippen MR) is 264 cm³/mol. The van der Waals surface area contributed by atoms with Crippen LogP contribution in [0.5, 0.6) is 0 Å². The molecule has 0 rings (SSSR count). The van der Waals surface area contributed by atoms with E-state index in [1.54, 1.807) is 0 Å². The molecule has 1 atom stereocenters. The van der Waals surface area contributed by atoms with Crippen molar-refractivity contribution in [3.63, 3.8) is 0 Å². The van der Waals surface area contributed by atoms with E-state index < -0.39 is 24.3 Å². The van der Waals surface area contributed by atoms with Gasteiger partial charge < -0.3 is 33.3 Å². The quantitative estimate of drug-likeness (QED) is 0.0192. The zero-order valence-corrected chi connectivity index (χ0v) is 41.9. The molecule has 10 nitrogen and oxygen atoms in total. The average Bonchev–Trinajstić information content (AvgIpc) is 3.30. The van der Waals surface area contributed by atoms with Crippen molar-refractivity contribution in [3.8, 4) is 0 Å². The monoisotopic (exact) mass is 904 g/mol. The summed E-state index contributed by atoms with van der Waals surface area (Å²) in [5.74, 6) is -1.26. The van der Waals surface area contributed by atoms with Gasteiger partial charge in [-0.3, -0.25) is 9.59 Å². The molecule has 64 heavy (non-hydrogen) atoms. The van der Waals surface area contributed by atoms with Gasteiger partial charge in [0.05, 0.1) is 32.2 Å². The van der Waals surface area contributed by atoms with Crippen LogP contribution in [-0.4, -0.2) is 88.6 Å². The van der Waals surface area contributed by atoms with Gasteiger partial charge in [0.15, 0.2) is 6.29 Å². The summed E-state index contributed by atoms with van der Waals surface area (Å²) in [4.78, 5) is 40.4. The largest absolute Gasteiger partial charge is 0.508 e. The number of hydrogen-bond donors (Lipinski definition) is 0. The van der Waals surface area contributed by atoms with Crippen molar-refractivity contribution in [2.45, 2.75) is 214 Å². The van der Waals surface area contributed by atoms with Gasteiger partial charge >= 0.3 is 18.1 Å². The van der Waals surface area contributed by atoms with Gasteiger partial charge in [0.2, 0.25) is 0 Å². The highest BCUT2D eigenvalue weighted by Crippen LogP contribution is 2.13. The summed E-state index contributed by atoms with van der Waals surface area (Å²) in [5.41, 5.74) is 0. The number of allylic oxidation sites excluding steroid dienone is 8. The Morgan fingerprint density at radius 2 is 0.875 bits per heavy atom. The SMILES string of the molecule is CCCCC/C=C\C/C=C\CCCCCCCC(=O)OCC(COC(=O)CCC(OCCC/C=C\CCCCC)OCCC/C=C\CCCCC)COC(=O)OCCCN(CC)CC. The Balaban J connectivity index is 4.96. The van der Waals surface area contributed by atoms with Crippen molar-refractivity contribution in [3.05, 3.63) is 48.6 Å². The zero-order chi connectivity index (χ0) is 46.8. The van der Waals surface area contributed by atoms with Gasteiger partial charge in [-0.2, -0.15) is 0 Å². The van der Waals surface area contributed by atoms with Crippen LogP contribution < -0.4 is 0 Å². The minimum Gasteiger partial charge on any atom is -0.465 e. The maximum Gasteiger partial charge on any atom is 0.508 e. The second-order valence-electron chi connectivity index (χ2n) is 16.9. The number of nitrogens with zero attached hydrogens (tertiary/aromatic N) is 1. The zero-order valence-electron chi connectivity index (χ0n) is 41.9. The molecule has 10 heteroatoms. The summed E-state index contributed by atoms with van der Waals surface area (Å²) in [7, 11) is 0. The van der Waals surface area contributed by atoms with Gasteiger partial charge in [0.25, 0.3) is 0 Å². The summed E-state index contributed by atoms with van der Waals surface area (Å²) in [6.45, 7) is 14.7. The van der Waals surface area contributed by atoms with Crippen LogP contribution in [-0.2, 0) is 38.0 Å². The van der Waals surface area contributed by atoms with E-state index in [1.165, 1.54) is 64.2 Å². The van der Waals surface area contributed by atoms with E-state index in [1.807, 2.05) is 0 Å². The fourth-order valence-corrected chi connectivity index (χ4v) is 6.78. The Bertz CT molecular complexity index is 1140. The maximum absolute atomic E-state index is 13.0. The molecular weight excluding hydrogens is 807 g/mol. The standard InChI is InChI=1S/C54H97NO9/c1-6-11-14-17-20-23-24-25-26-27-28-29-30-33-36-40-51(56)62-47-50(49-64-54(58)61-46-39-43-55(9-4)10-5)48-63-52(57)41-42-53(59-44-37-34-31-21-18-15-12-7-2)60-45-38-35-32-22-19-16-13-8-3/h20-23,25-26,31-32,50,53H,6-19,24,27-30,33-49H2,1-5H3/b23-20-,26-25-,31-21-,32-22-. The van der Waals surface area contributed by atoms with Crippen LogP contribution in [0.1, 0.15) is 208 Å². The summed E-state index contributed by atoms with van der Waals surface area (Å²) in [6, 6.07) is 0. The lowest BCUT2D eigenvalue weighted by Gasteiger charge is -2.20. The van der Waals surface area contributed by atoms with Gasteiger partial charge in [-0.15, -0.1) is 0 Å². The lowest BCUT2D eigenvalue weighted by Crippen LogP contribution is -2.28. The first-order valence-corrected chi connectivity index (χ1v) is 26.1. The number of hydrogen-bond acceptors (Lipinski definition) is 10. The maximum atomic E-state index is 13.0. The molecule has 0 aliphatic heterocycles. The van der Waals surface area contributed by atoms with Crippen LogP contribution in [0, 0.1) is 5.92 Å². The molecule has 0 aliphatic rings. The molecule has 0 saturated heterocycles. The lowest BCUT2D eigenvalue weighted by atomic mass is 10.1. The fourth-order valence-electron chi connectivity index (χ4n) is 6.78. The molecule has 0 heterocycles. The van der Waals surface area contributed by atoms with Gasteiger partial charge in [-0.25, -0.2) is 4.79 Å². The minimum absolute atomic E-state index is 0.0312. The molecule has 0 saturated carbocycles. The molecule has 372 valence electrons. The number of esters is 2. The van der Waals surface area contributed by atoms with Crippen LogP contribution in [0.2, 0.25) is 0 Å². The van der Waals surface area contributed by atoms with Crippen molar-refractivity contribution >= 4 is 18.1 Å². The molecule has 0 spiro atoms. The van der Waals surface area contributed by atoms with E-state index >= 15 is 0 Å². The normalized spacial score (nSPS) is 12.5. The van der Waals surface area contributed by atoms with E-state index in [4.69, 9.17) is 28.4 Å². The lowest BCUT2D eigenvalue weighted by molar-refractivity contribution is -0.161. The van der Waals surface area contributed by atoms with E-state index in [0.717, 1.165) is 103 Å². The molecule has 0 aromatic carbocycles. The van der Waals surface area contributed by atoms with Crippen LogP contribution in [0.3, 0.4) is 0 Å². The average molecular weight is 904 g/mol. The third kappa shape index (κ3) is 44.3. The summed E-state index contributed by atoms with van der Waals surface area (Å²) >= 11 is 0. The van der Waals surface area contributed by atoms with Crippen molar-refractivity contribution < 1.29 is 42.8 Å². The number of unbranched alkanes of at least 4 members (excludes halogenated alkanes) is 16. The number of ether oxygens (including phenoxy) is 6. The van der Waals surface area contributed by atoms with Crippen molar-refractivity contribution in [2.24, 2.45) is 5.92 Å². The predicted octanol–water partition coefficient (Wildman–Crippen LogP) is 14.4. The molecule has 0 N–H and O–H groups in total. The van der Waals surface area contributed by atoms with E-state index in [2.05, 4.69) is 88.1 Å². The van der Waals surface area contributed by atoms with Crippen molar-refractivity contribution in [1.29, 1.82) is 0 Å². The highest BCUT2D eigenvalue weighted by molar-refractivity contribution is 5.69. The van der Waals surface area contributed by atoms with Gasteiger partial charge in [-0.1, -0.05) is 141 Å². The molecule has 0 amide bonds. The summed E-state index contributed by atoms with van der Waals surface area (Å²) in [6.07, 6.45) is 43.7. The second-order valence-corrected chi connectivity index (χ2v) is 16.9. The third-order valence-electron chi connectivity index (χ3n) is 11.0. The van der Waals surface area contributed by atoms with Crippen LogP contribution >= 0.6 is 0 Å². The first-order chi connectivity index (χ1) is 31.4. The Morgan fingerprint density at radius 3 is 1.39 bits per heavy atom. The smallest absolute Gasteiger partial charge is 0.465 e. The molecule has 0 fully saturated rings. The third-order valence-corrected chi connectivity index (χ3v) is 11.0. The van der Waals surface area contributed by atoms with Crippen LogP contribution in [0.25, 0.3) is 0 Å². The highest BCUT2D eigenvalue weighted by atomic mass is 16.7. The second kappa shape index (κ2) is 49.5. The summed E-state index contributed by atoms with van der Waals surface area (Å²) < 4.78 is 34.1. The van der Waals surface area contributed by atoms with Gasteiger partial charge in [0.1, 0.15) is 19.8 Å². The van der Waals surface area contributed by atoms with E-state index in [9.17, 15) is 14.4 Å². The van der Waals surface area contributed by atoms with Gasteiger partial charge in [0, 0.05) is 19.4 Å². The molecule has 1 unspecified atom stereocenters. The molecule has 0 aromatic heterocycles. The van der Waals surface area contributed by atoms with Crippen molar-refractivity contribution in [2.75, 3.05) is 59.3 Å². The highest BCUT2D eigenvalue weighted by Gasteiger charge is 2.20. The molecule has 0 aromatic rings. The molecule has 0 bridgehead atoms. The Hall–Kier alpha value is -2.95. The fraction of sp³-hybridized carbons (Fsp3) is 0.796. The number of rotatable bonds is 47. The Labute approximate surface area is 392 Å². The van der Waals surface area contributed by atoms with Gasteiger partial charge in [-0.05, 0) is 109 Å². The Morgan fingerprint density at radius 1 is 0.438 bits per heavy atom. The number of carbonyl (C=O) groups is 3. The minimum atomic E-state index is -0.788. The van der Waals surface area contributed by atoms with Crippen molar-refractivity contribution in [1.82, 2.24) is 4.90 Å². The van der Waals surface area contributed by atoms with Crippen LogP contribution in [0.15, 0.2) is 48.6 Å². The molecule has 0 radical (unpaired) electrons. The topological polar surface area (TPSA) is 110 Å². The van der Waals surface area contributed by atoms with E-state index in [0.29, 0.717) is 32.5 Å². The first-order valence-electron chi connectivity index (χ1n) is 26.1. The number of carbonyl (C=O) groups excluding carboxylic acids is 3. The molecule has 0 aliphatic carbocycles. The molecular formula is C54H97NO9. The Kier molecular flexibility index (Phi) is 47.2. The van der Waals surface area contributed by atoms with Crippen LogP contribution in [0.4, 0.5) is 4.79 Å². The first kappa shape index (κ1) is 61.0. The van der Waals surface area contributed by atoms with E-state index in [-0.39, 0.29) is 38.8 Å². The summed E-state index contributed by atoms with van der Waals surface area (Å²) in [5, 5.41) is 0.